The summed E-state index contributed by atoms with van der Waals surface area (Å²) in [6.07, 6.45) is 0.236. The third kappa shape index (κ3) is 2.51. The number of fused-ring (bicyclic) bond motifs is 1. The van der Waals surface area contributed by atoms with Crippen LogP contribution in [0.2, 0.25) is 0 Å². The van der Waals surface area contributed by atoms with Gasteiger partial charge in [-0.2, -0.15) is 0 Å². The molecule has 1 N–H and O–H groups in total. The van der Waals surface area contributed by atoms with Crippen molar-refractivity contribution in [3.05, 3.63) is 57.5 Å². The Kier molecular flexibility index (Phi) is 3.87. The molecule has 0 spiro atoms. The van der Waals surface area contributed by atoms with Crippen LogP contribution >= 0.6 is 11.3 Å². The van der Waals surface area contributed by atoms with Gasteiger partial charge in [-0.25, -0.2) is 4.39 Å². The van der Waals surface area contributed by atoms with Gasteiger partial charge in [0.1, 0.15) is 5.82 Å². The summed E-state index contributed by atoms with van der Waals surface area (Å²) in [7, 11) is 0. The Morgan fingerprint density at radius 2 is 2.20 bits per heavy atom. The maximum absolute atomic E-state index is 13.7. The molecule has 2 heterocycles. The lowest BCUT2D eigenvalue weighted by Gasteiger charge is -2.35. The molecule has 1 aliphatic rings. The molecule has 3 rings (SSSR count). The van der Waals surface area contributed by atoms with Gasteiger partial charge in [0.2, 0.25) is 0 Å². The number of aliphatic hydroxyl groups is 1. The van der Waals surface area contributed by atoms with Crippen LogP contribution < -0.4 is 0 Å². The number of thiophene rings is 1. The highest BCUT2D eigenvalue weighted by molar-refractivity contribution is 7.10. The zero-order valence-corrected chi connectivity index (χ0v) is 12.2. The molecule has 0 amide bonds. The van der Waals surface area contributed by atoms with Crippen molar-refractivity contribution in [1.29, 1.82) is 0 Å². The van der Waals surface area contributed by atoms with Gasteiger partial charge in [-0.3, -0.25) is 4.90 Å². The molecule has 2 atom stereocenters. The monoisotopic (exact) mass is 291 g/mol. The predicted octanol–water partition coefficient (Wildman–Crippen LogP) is 3.54. The summed E-state index contributed by atoms with van der Waals surface area (Å²) in [4.78, 5) is 3.67. The summed E-state index contributed by atoms with van der Waals surface area (Å²) in [5.74, 6) is -0.333. The summed E-state index contributed by atoms with van der Waals surface area (Å²) in [6, 6.07) is 8.91. The lowest BCUT2D eigenvalue weighted by atomic mass is 10.00. The summed E-state index contributed by atoms with van der Waals surface area (Å²) >= 11 is 1.80. The number of nitrogens with zero attached hydrogens (tertiary/aromatic N) is 1. The van der Waals surface area contributed by atoms with E-state index in [-0.39, 0.29) is 11.9 Å². The maximum atomic E-state index is 13.7. The molecule has 0 radical (unpaired) electrons. The van der Waals surface area contributed by atoms with Gasteiger partial charge in [0.25, 0.3) is 0 Å². The molecule has 1 aromatic heterocycles. The Morgan fingerprint density at radius 1 is 1.40 bits per heavy atom. The van der Waals surface area contributed by atoms with E-state index in [9.17, 15) is 9.50 Å². The lowest BCUT2D eigenvalue weighted by Crippen LogP contribution is -2.36. The summed E-state index contributed by atoms with van der Waals surface area (Å²) in [5, 5.41) is 12.4. The van der Waals surface area contributed by atoms with Gasteiger partial charge in [0.15, 0.2) is 0 Å². The third-order valence-corrected chi connectivity index (χ3v) is 5.07. The van der Waals surface area contributed by atoms with Crippen LogP contribution in [0.4, 0.5) is 4.39 Å². The van der Waals surface area contributed by atoms with Crippen molar-refractivity contribution >= 4 is 11.3 Å². The number of rotatable bonds is 3. The van der Waals surface area contributed by atoms with Crippen LogP contribution in [0.15, 0.2) is 35.7 Å². The first-order chi connectivity index (χ1) is 9.66. The maximum Gasteiger partial charge on any atom is 0.129 e. The highest BCUT2D eigenvalue weighted by atomic mass is 32.1. The normalized spacial score (nSPS) is 20.6. The van der Waals surface area contributed by atoms with Crippen molar-refractivity contribution in [3.8, 4) is 0 Å². The average Bonchev–Trinajstić information content (AvgIpc) is 2.91. The second kappa shape index (κ2) is 5.64. The quantitative estimate of drug-likeness (QED) is 0.935. The molecule has 20 heavy (non-hydrogen) atoms. The molecule has 0 saturated carbocycles. The molecule has 1 aromatic carbocycles. The molecule has 4 heteroatoms. The van der Waals surface area contributed by atoms with Gasteiger partial charge in [-0.15, -0.1) is 11.3 Å². The van der Waals surface area contributed by atoms with E-state index in [1.165, 1.54) is 16.5 Å². The van der Waals surface area contributed by atoms with E-state index < -0.39 is 6.10 Å². The average molecular weight is 291 g/mol. The highest BCUT2D eigenvalue weighted by Gasteiger charge is 2.27. The van der Waals surface area contributed by atoms with Crippen LogP contribution in [0.5, 0.6) is 0 Å². The first-order valence-corrected chi connectivity index (χ1v) is 7.77. The zero-order valence-electron chi connectivity index (χ0n) is 11.4. The van der Waals surface area contributed by atoms with E-state index >= 15 is 0 Å². The largest absolute Gasteiger partial charge is 0.387 e. The minimum atomic E-state index is -0.779. The lowest BCUT2D eigenvalue weighted by molar-refractivity contribution is 0.0848. The molecular weight excluding hydrogens is 273 g/mol. The fourth-order valence-corrected chi connectivity index (χ4v) is 3.84. The van der Waals surface area contributed by atoms with Crippen LogP contribution in [0, 0.1) is 5.82 Å². The van der Waals surface area contributed by atoms with E-state index in [0.717, 1.165) is 13.0 Å². The molecule has 2 aromatic rings. The number of aliphatic hydroxyl groups excluding tert-OH is 1. The van der Waals surface area contributed by atoms with E-state index in [2.05, 4.69) is 23.3 Å². The van der Waals surface area contributed by atoms with Crippen molar-refractivity contribution in [2.75, 3.05) is 13.1 Å². The molecule has 2 nitrogen and oxygen atoms in total. The first kappa shape index (κ1) is 13.7. The van der Waals surface area contributed by atoms with Crippen LogP contribution in [-0.2, 0) is 6.42 Å². The third-order valence-electron chi connectivity index (χ3n) is 4.08. The van der Waals surface area contributed by atoms with Crippen molar-refractivity contribution in [3.63, 3.8) is 0 Å². The molecule has 1 aliphatic heterocycles. The van der Waals surface area contributed by atoms with E-state index in [1.54, 1.807) is 29.5 Å². The molecule has 0 unspecified atom stereocenters. The molecular formula is C16H18FNOS. The second-order valence-corrected chi connectivity index (χ2v) is 6.26. The Balaban J connectivity index is 1.74. The van der Waals surface area contributed by atoms with E-state index in [0.29, 0.717) is 12.1 Å². The number of halogens is 1. The smallest absolute Gasteiger partial charge is 0.129 e. The van der Waals surface area contributed by atoms with E-state index in [1.807, 2.05) is 0 Å². The topological polar surface area (TPSA) is 23.5 Å². The Labute approximate surface area is 122 Å². The van der Waals surface area contributed by atoms with Crippen LogP contribution in [0.1, 0.15) is 35.1 Å². The Bertz CT molecular complexity index is 598. The molecule has 106 valence electrons. The van der Waals surface area contributed by atoms with Gasteiger partial charge < -0.3 is 5.11 Å². The van der Waals surface area contributed by atoms with Crippen molar-refractivity contribution in [1.82, 2.24) is 4.90 Å². The second-order valence-electron chi connectivity index (χ2n) is 5.26. The highest BCUT2D eigenvalue weighted by Crippen LogP contribution is 2.34. The predicted molar refractivity (Wildman–Crippen MR) is 79.4 cm³/mol. The fraction of sp³-hybridized carbons (Fsp3) is 0.375. The Morgan fingerprint density at radius 3 is 3.00 bits per heavy atom. The van der Waals surface area contributed by atoms with Gasteiger partial charge in [0.05, 0.1) is 6.10 Å². The number of β-amino-alcohol motifs (C(OH)–C–C–N with tert-alkyl or cyclic N) is 1. The van der Waals surface area contributed by atoms with Crippen molar-refractivity contribution < 1.29 is 9.50 Å². The summed E-state index contributed by atoms with van der Waals surface area (Å²) in [6.45, 7) is 3.54. The van der Waals surface area contributed by atoms with Gasteiger partial charge in [-0.05, 0) is 36.4 Å². The van der Waals surface area contributed by atoms with Gasteiger partial charge in [0, 0.05) is 29.6 Å². The zero-order chi connectivity index (χ0) is 14.1. The fourth-order valence-electron chi connectivity index (χ4n) is 2.88. The standard InChI is InChI=1S/C16H18FNOS/c1-11-12-7-9-20-16(12)6-8-18(11)10-15(19)13-4-2-3-5-14(13)17/h2-5,7,9,11,15,19H,6,8,10H2,1H3/t11-,15+/m1/s1. The van der Waals surface area contributed by atoms with Crippen LogP contribution in [-0.4, -0.2) is 23.1 Å². The Hall–Kier alpha value is -1.23. The van der Waals surface area contributed by atoms with Gasteiger partial charge in [-0.1, -0.05) is 18.2 Å². The summed E-state index contributed by atoms with van der Waals surface area (Å²) in [5.41, 5.74) is 1.73. The van der Waals surface area contributed by atoms with Crippen LogP contribution in [0.3, 0.4) is 0 Å². The SMILES string of the molecule is C[C@@H]1c2ccsc2CCN1C[C@H](O)c1ccccc1F. The van der Waals surface area contributed by atoms with Gasteiger partial charge >= 0.3 is 0 Å². The van der Waals surface area contributed by atoms with Crippen LogP contribution in [0.25, 0.3) is 0 Å². The van der Waals surface area contributed by atoms with Crippen molar-refractivity contribution in [2.24, 2.45) is 0 Å². The molecule has 0 saturated heterocycles. The van der Waals surface area contributed by atoms with Crippen molar-refractivity contribution in [2.45, 2.75) is 25.5 Å². The summed E-state index contributed by atoms with van der Waals surface area (Å²) < 4.78 is 13.7. The molecule has 0 fully saturated rings. The first-order valence-electron chi connectivity index (χ1n) is 6.89. The number of hydrogen-bond acceptors (Lipinski definition) is 3. The molecule has 0 bridgehead atoms. The molecule has 0 aliphatic carbocycles. The minimum absolute atomic E-state index is 0.284. The van der Waals surface area contributed by atoms with E-state index in [4.69, 9.17) is 0 Å². The number of benzene rings is 1. The number of hydrogen-bond donors (Lipinski definition) is 1. The minimum Gasteiger partial charge on any atom is -0.387 e.